The van der Waals surface area contributed by atoms with E-state index in [1.165, 1.54) is 5.56 Å². The van der Waals surface area contributed by atoms with Gasteiger partial charge in [-0.1, -0.05) is 6.07 Å². The van der Waals surface area contributed by atoms with Crippen molar-refractivity contribution in [1.29, 1.82) is 0 Å². The Kier molecular flexibility index (Phi) is 2.85. The lowest BCUT2D eigenvalue weighted by Gasteiger charge is -2.24. The lowest BCUT2D eigenvalue weighted by molar-refractivity contribution is 0.0993. The summed E-state index contributed by atoms with van der Waals surface area (Å²) in [6, 6.07) is 5.96. The first kappa shape index (κ1) is 10.8. The molecule has 0 atom stereocenters. The van der Waals surface area contributed by atoms with E-state index in [-0.39, 0.29) is 5.78 Å². The molecular formula is C14H17NO2. The maximum atomic E-state index is 11.6. The van der Waals surface area contributed by atoms with Crippen LogP contribution >= 0.6 is 0 Å². The third kappa shape index (κ3) is 2.20. The van der Waals surface area contributed by atoms with Gasteiger partial charge in [-0.2, -0.15) is 0 Å². The SMILES string of the molecule is O=C1CCc2ccc(OC3CCNCC3)cc21. The third-order valence-corrected chi connectivity index (χ3v) is 3.59. The smallest absolute Gasteiger partial charge is 0.163 e. The summed E-state index contributed by atoms with van der Waals surface area (Å²) < 4.78 is 5.94. The van der Waals surface area contributed by atoms with E-state index in [4.69, 9.17) is 4.74 Å². The van der Waals surface area contributed by atoms with Crippen LogP contribution in [0.15, 0.2) is 18.2 Å². The van der Waals surface area contributed by atoms with Gasteiger partial charge in [-0.25, -0.2) is 0 Å². The Balaban J connectivity index is 1.75. The van der Waals surface area contributed by atoms with Crippen LogP contribution in [-0.4, -0.2) is 25.0 Å². The van der Waals surface area contributed by atoms with Crippen molar-refractivity contribution in [3.8, 4) is 5.75 Å². The van der Waals surface area contributed by atoms with E-state index < -0.39 is 0 Å². The van der Waals surface area contributed by atoms with Gasteiger partial charge in [0.1, 0.15) is 11.9 Å². The molecule has 1 aromatic rings. The molecule has 0 saturated carbocycles. The maximum Gasteiger partial charge on any atom is 0.163 e. The first-order chi connectivity index (χ1) is 8.33. The van der Waals surface area contributed by atoms with Crippen molar-refractivity contribution >= 4 is 5.78 Å². The molecule has 0 aromatic heterocycles. The minimum Gasteiger partial charge on any atom is -0.490 e. The summed E-state index contributed by atoms with van der Waals surface area (Å²) in [5.74, 6) is 1.11. The van der Waals surface area contributed by atoms with E-state index in [1.807, 2.05) is 18.2 Å². The van der Waals surface area contributed by atoms with Crippen LogP contribution in [0.1, 0.15) is 35.2 Å². The van der Waals surface area contributed by atoms with Crippen LogP contribution in [-0.2, 0) is 6.42 Å². The highest BCUT2D eigenvalue weighted by Gasteiger charge is 2.21. The van der Waals surface area contributed by atoms with Crippen molar-refractivity contribution in [2.45, 2.75) is 31.8 Å². The number of ketones is 1. The molecule has 0 amide bonds. The molecule has 1 aliphatic heterocycles. The van der Waals surface area contributed by atoms with Crippen molar-refractivity contribution < 1.29 is 9.53 Å². The molecule has 0 bridgehead atoms. The number of piperidine rings is 1. The minimum atomic E-state index is 0.260. The van der Waals surface area contributed by atoms with Crippen molar-refractivity contribution in [2.24, 2.45) is 0 Å². The average molecular weight is 231 g/mol. The molecule has 1 aromatic carbocycles. The average Bonchev–Trinajstić information content (AvgIpc) is 2.73. The second-order valence-corrected chi connectivity index (χ2v) is 4.81. The van der Waals surface area contributed by atoms with Crippen molar-refractivity contribution in [1.82, 2.24) is 5.32 Å². The Morgan fingerprint density at radius 3 is 2.82 bits per heavy atom. The standard InChI is InChI=1S/C14H17NO2/c16-14-4-2-10-1-3-12(9-13(10)14)17-11-5-7-15-8-6-11/h1,3,9,11,15H,2,4-8H2. The number of fused-ring (bicyclic) bond motifs is 1. The fourth-order valence-corrected chi connectivity index (χ4v) is 2.60. The molecule has 1 heterocycles. The van der Waals surface area contributed by atoms with Crippen LogP contribution in [0.5, 0.6) is 5.75 Å². The zero-order chi connectivity index (χ0) is 11.7. The number of carbonyl (C=O) groups excluding carboxylic acids is 1. The highest BCUT2D eigenvalue weighted by molar-refractivity contribution is 6.00. The summed E-state index contributed by atoms with van der Waals surface area (Å²) >= 11 is 0. The topological polar surface area (TPSA) is 38.3 Å². The molecule has 0 spiro atoms. The Hall–Kier alpha value is -1.35. The summed E-state index contributed by atoms with van der Waals surface area (Å²) in [7, 11) is 0. The van der Waals surface area contributed by atoms with Crippen molar-refractivity contribution in [3.05, 3.63) is 29.3 Å². The first-order valence-electron chi connectivity index (χ1n) is 6.36. The number of aryl methyl sites for hydroxylation is 1. The lowest BCUT2D eigenvalue weighted by atomic mass is 10.1. The third-order valence-electron chi connectivity index (χ3n) is 3.59. The molecule has 1 N–H and O–H groups in total. The van der Waals surface area contributed by atoms with Gasteiger partial charge in [0.05, 0.1) is 0 Å². The molecule has 0 radical (unpaired) electrons. The largest absolute Gasteiger partial charge is 0.490 e. The highest BCUT2D eigenvalue weighted by Crippen LogP contribution is 2.27. The Bertz CT molecular complexity index is 436. The fraction of sp³-hybridized carbons (Fsp3) is 0.500. The number of ether oxygens (including phenoxy) is 1. The number of rotatable bonds is 2. The van der Waals surface area contributed by atoms with Gasteiger partial charge in [0.15, 0.2) is 5.78 Å². The van der Waals surface area contributed by atoms with Gasteiger partial charge >= 0.3 is 0 Å². The highest BCUT2D eigenvalue weighted by atomic mass is 16.5. The number of carbonyl (C=O) groups is 1. The van der Waals surface area contributed by atoms with Gasteiger partial charge < -0.3 is 10.1 Å². The number of benzene rings is 1. The summed E-state index contributed by atoms with van der Waals surface area (Å²) in [5.41, 5.74) is 2.05. The minimum absolute atomic E-state index is 0.260. The molecule has 3 heteroatoms. The van der Waals surface area contributed by atoms with E-state index in [0.717, 1.165) is 43.7 Å². The van der Waals surface area contributed by atoms with Crippen molar-refractivity contribution in [2.75, 3.05) is 13.1 Å². The van der Waals surface area contributed by atoms with E-state index >= 15 is 0 Å². The second-order valence-electron chi connectivity index (χ2n) is 4.81. The molecule has 90 valence electrons. The molecule has 0 unspecified atom stereocenters. The summed E-state index contributed by atoms with van der Waals surface area (Å²) in [6.45, 7) is 2.04. The van der Waals surface area contributed by atoms with Gasteiger partial charge in [-0.05, 0) is 50.0 Å². The first-order valence-corrected chi connectivity index (χ1v) is 6.36. The summed E-state index contributed by atoms with van der Waals surface area (Å²) in [6.07, 6.45) is 3.94. The van der Waals surface area contributed by atoms with Gasteiger partial charge in [0.25, 0.3) is 0 Å². The van der Waals surface area contributed by atoms with Crippen LogP contribution in [0.3, 0.4) is 0 Å². The molecule has 1 aliphatic carbocycles. The van der Waals surface area contributed by atoms with Crippen LogP contribution in [0.4, 0.5) is 0 Å². The summed E-state index contributed by atoms with van der Waals surface area (Å²) in [5, 5.41) is 3.32. The fourth-order valence-electron chi connectivity index (χ4n) is 2.60. The lowest BCUT2D eigenvalue weighted by Crippen LogP contribution is -2.34. The second kappa shape index (κ2) is 4.49. The Labute approximate surface area is 101 Å². The molecule has 2 aliphatic rings. The number of hydrogen-bond donors (Lipinski definition) is 1. The van der Waals surface area contributed by atoms with Gasteiger partial charge in [0.2, 0.25) is 0 Å². The zero-order valence-corrected chi connectivity index (χ0v) is 9.87. The molecular weight excluding hydrogens is 214 g/mol. The quantitative estimate of drug-likeness (QED) is 0.845. The molecule has 1 saturated heterocycles. The number of nitrogens with one attached hydrogen (secondary N) is 1. The molecule has 1 fully saturated rings. The molecule has 3 nitrogen and oxygen atoms in total. The van der Waals surface area contributed by atoms with Crippen LogP contribution in [0.2, 0.25) is 0 Å². The Morgan fingerprint density at radius 1 is 1.18 bits per heavy atom. The molecule has 3 rings (SSSR count). The van der Waals surface area contributed by atoms with Crippen LogP contribution in [0.25, 0.3) is 0 Å². The van der Waals surface area contributed by atoms with Gasteiger partial charge in [-0.3, -0.25) is 4.79 Å². The zero-order valence-electron chi connectivity index (χ0n) is 9.87. The van der Waals surface area contributed by atoms with E-state index in [0.29, 0.717) is 12.5 Å². The Morgan fingerprint density at radius 2 is 2.00 bits per heavy atom. The maximum absolute atomic E-state index is 11.6. The predicted molar refractivity (Wildman–Crippen MR) is 65.6 cm³/mol. The van der Waals surface area contributed by atoms with E-state index in [2.05, 4.69) is 5.32 Å². The number of hydrogen-bond acceptors (Lipinski definition) is 3. The van der Waals surface area contributed by atoms with Gasteiger partial charge in [-0.15, -0.1) is 0 Å². The van der Waals surface area contributed by atoms with Crippen LogP contribution < -0.4 is 10.1 Å². The van der Waals surface area contributed by atoms with E-state index in [9.17, 15) is 4.79 Å². The van der Waals surface area contributed by atoms with Gasteiger partial charge in [0, 0.05) is 12.0 Å². The monoisotopic (exact) mass is 231 g/mol. The summed E-state index contributed by atoms with van der Waals surface area (Å²) in [4.78, 5) is 11.6. The molecule has 17 heavy (non-hydrogen) atoms. The number of Topliss-reactive ketones (excluding diaryl/α,β-unsaturated/α-hetero) is 1. The van der Waals surface area contributed by atoms with E-state index in [1.54, 1.807) is 0 Å². The van der Waals surface area contributed by atoms with Crippen molar-refractivity contribution in [3.63, 3.8) is 0 Å². The van der Waals surface area contributed by atoms with Crippen LogP contribution in [0, 0.1) is 0 Å². The normalized spacial score (nSPS) is 20.4. The predicted octanol–water partition coefficient (Wildman–Crippen LogP) is 1.95.